The van der Waals surface area contributed by atoms with Crippen molar-refractivity contribution >= 4 is 21.8 Å². The van der Waals surface area contributed by atoms with Crippen molar-refractivity contribution in [2.45, 2.75) is 6.92 Å². The standard InChI is InChI=1S/C12H15BrFNO2/c1-3-17-8-7-15(2)12(16)9-5-4-6-10(14)11(9)13/h4-6H,3,7-8H2,1-2H3. The van der Waals surface area contributed by atoms with Crippen molar-refractivity contribution in [3.63, 3.8) is 0 Å². The summed E-state index contributed by atoms with van der Waals surface area (Å²) in [7, 11) is 1.67. The zero-order valence-corrected chi connectivity index (χ0v) is 11.5. The van der Waals surface area contributed by atoms with Gasteiger partial charge in [-0.15, -0.1) is 0 Å². The summed E-state index contributed by atoms with van der Waals surface area (Å²) in [5.74, 6) is -0.662. The van der Waals surface area contributed by atoms with Crippen LogP contribution in [0, 0.1) is 5.82 Å². The van der Waals surface area contributed by atoms with E-state index in [9.17, 15) is 9.18 Å². The maximum atomic E-state index is 13.3. The Hall–Kier alpha value is -0.940. The van der Waals surface area contributed by atoms with E-state index in [1.54, 1.807) is 13.1 Å². The minimum Gasteiger partial charge on any atom is -0.380 e. The molecule has 0 radical (unpaired) electrons. The van der Waals surface area contributed by atoms with Crippen molar-refractivity contribution < 1.29 is 13.9 Å². The van der Waals surface area contributed by atoms with Crippen molar-refractivity contribution in [1.29, 1.82) is 0 Å². The molecule has 1 aromatic carbocycles. The fraction of sp³-hybridized carbons (Fsp3) is 0.417. The molecule has 0 saturated carbocycles. The molecule has 1 amide bonds. The second kappa shape index (κ2) is 6.71. The van der Waals surface area contributed by atoms with Gasteiger partial charge in [-0.05, 0) is 35.0 Å². The molecule has 17 heavy (non-hydrogen) atoms. The van der Waals surface area contributed by atoms with Gasteiger partial charge in [0.05, 0.1) is 16.6 Å². The Bertz CT molecular complexity index is 398. The summed E-state index contributed by atoms with van der Waals surface area (Å²) in [6.07, 6.45) is 0. The van der Waals surface area contributed by atoms with E-state index >= 15 is 0 Å². The predicted molar refractivity (Wildman–Crippen MR) is 67.6 cm³/mol. The van der Waals surface area contributed by atoms with Gasteiger partial charge in [0, 0.05) is 20.2 Å². The largest absolute Gasteiger partial charge is 0.380 e. The van der Waals surface area contributed by atoms with Gasteiger partial charge in [-0.2, -0.15) is 0 Å². The van der Waals surface area contributed by atoms with E-state index in [1.807, 2.05) is 6.92 Å². The van der Waals surface area contributed by atoms with Gasteiger partial charge < -0.3 is 9.64 Å². The van der Waals surface area contributed by atoms with Gasteiger partial charge in [0.15, 0.2) is 0 Å². The highest BCUT2D eigenvalue weighted by atomic mass is 79.9. The predicted octanol–water partition coefficient (Wildman–Crippen LogP) is 2.70. The van der Waals surface area contributed by atoms with Crippen LogP contribution in [0.3, 0.4) is 0 Å². The normalized spacial score (nSPS) is 10.4. The van der Waals surface area contributed by atoms with Crippen LogP contribution in [0.1, 0.15) is 17.3 Å². The monoisotopic (exact) mass is 303 g/mol. The first-order chi connectivity index (χ1) is 8.07. The molecular weight excluding hydrogens is 289 g/mol. The fourth-order valence-electron chi connectivity index (χ4n) is 1.32. The smallest absolute Gasteiger partial charge is 0.254 e. The first kappa shape index (κ1) is 14.1. The summed E-state index contributed by atoms with van der Waals surface area (Å²) in [6.45, 7) is 3.47. The highest BCUT2D eigenvalue weighted by Crippen LogP contribution is 2.21. The SMILES string of the molecule is CCOCCN(C)C(=O)c1cccc(F)c1Br. The number of amides is 1. The maximum absolute atomic E-state index is 13.3. The lowest BCUT2D eigenvalue weighted by atomic mass is 10.2. The molecule has 1 rings (SSSR count). The first-order valence-corrected chi connectivity index (χ1v) is 6.14. The quantitative estimate of drug-likeness (QED) is 0.783. The van der Waals surface area contributed by atoms with Crippen molar-refractivity contribution in [1.82, 2.24) is 4.90 Å². The van der Waals surface area contributed by atoms with Crippen LogP contribution in [0.4, 0.5) is 4.39 Å². The van der Waals surface area contributed by atoms with E-state index in [0.29, 0.717) is 25.3 Å². The number of hydrogen-bond acceptors (Lipinski definition) is 2. The summed E-state index contributed by atoms with van der Waals surface area (Å²) in [6, 6.07) is 4.41. The molecule has 0 N–H and O–H groups in total. The molecule has 3 nitrogen and oxygen atoms in total. The van der Waals surface area contributed by atoms with E-state index in [-0.39, 0.29) is 10.4 Å². The molecule has 0 aliphatic carbocycles. The summed E-state index contributed by atoms with van der Waals surface area (Å²) in [5, 5.41) is 0. The molecule has 0 saturated heterocycles. The fourth-order valence-corrected chi connectivity index (χ4v) is 1.76. The topological polar surface area (TPSA) is 29.5 Å². The second-order valence-electron chi connectivity index (χ2n) is 3.53. The van der Waals surface area contributed by atoms with Crippen LogP contribution in [0.15, 0.2) is 22.7 Å². The molecule has 0 atom stereocenters. The molecule has 0 aliphatic rings. The zero-order valence-electron chi connectivity index (χ0n) is 9.87. The lowest BCUT2D eigenvalue weighted by Crippen LogP contribution is -2.30. The van der Waals surface area contributed by atoms with Crippen molar-refractivity contribution in [3.8, 4) is 0 Å². The van der Waals surface area contributed by atoms with Crippen LogP contribution in [0.2, 0.25) is 0 Å². The third kappa shape index (κ3) is 3.78. The number of benzene rings is 1. The van der Waals surface area contributed by atoms with E-state index in [2.05, 4.69) is 15.9 Å². The lowest BCUT2D eigenvalue weighted by molar-refractivity contribution is 0.0708. The third-order valence-corrected chi connectivity index (χ3v) is 3.11. The Morgan fingerprint density at radius 1 is 1.53 bits per heavy atom. The molecule has 0 aromatic heterocycles. The van der Waals surface area contributed by atoms with Gasteiger partial charge in [0.2, 0.25) is 0 Å². The molecule has 0 fully saturated rings. The number of rotatable bonds is 5. The van der Waals surface area contributed by atoms with E-state index in [0.717, 1.165) is 0 Å². The molecule has 1 aromatic rings. The van der Waals surface area contributed by atoms with Gasteiger partial charge in [-0.1, -0.05) is 6.07 Å². The highest BCUT2D eigenvalue weighted by molar-refractivity contribution is 9.10. The van der Waals surface area contributed by atoms with Gasteiger partial charge in [-0.3, -0.25) is 4.79 Å². The Labute approximate surface area is 109 Å². The molecule has 5 heteroatoms. The summed E-state index contributed by atoms with van der Waals surface area (Å²) < 4.78 is 18.6. The molecular formula is C12H15BrFNO2. The minimum atomic E-state index is -0.436. The number of ether oxygens (including phenoxy) is 1. The van der Waals surface area contributed by atoms with Crippen LogP contribution < -0.4 is 0 Å². The maximum Gasteiger partial charge on any atom is 0.254 e. The number of nitrogens with zero attached hydrogens (tertiary/aromatic N) is 1. The molecule has 0 unspecified atom stereocenters. The van der Waals surface area contributed by atoms with Crippen LogP contribution in [0.25, 0.3) is 0 Å². The zero-order chi connectivity index (χ0) is 12.8. The number of hydrogen-bond donors (Lipinski definition) is 0. The molecule has 0 aliphatic heterocycles. The van der Waals surface area contributed by atoms with Gasteiger partial charge in [-0.25, -0.2) is 4.39 Å². The number of carbonyl (C=O) groups excluding carboxylic acids is 1. The van der Waals surface area contributed by atoms with E-state index in [4.69, 9.17) is 4.74 Å². The first-order valence-electron chi connectivity index (χ1n) is 5.35. The van der Waals surface area contributed by atoms with Gasteiger partial charge in [0.25, 0.3) is 5.91 Å². The van der Waals surface area contributed by atoms with Gasteiger partial charge >= 0.3 is 0 Å². The van der Waals surface area contributed by atoms with E-state index < -0.39 is 5.82 Å². The number of likely N-dealkylation sites (N-methyl/N-ethyl adjacent to an activating group) is 1. The summed E-state index contributed by atoms with van der Waals surface area (Å²) in [5.41, 5.74) is 0.323. The van der Waals surface area contributed by atoms with Crippen LogP contribution in [0.5, 0.6) is 0 Å². The van der Waals surface area contributed by atoms with Crippen LogP contribution >= 0.6 is 15.9 Å². The van der Waals surface area contributed by atoms with Crippen molar-refractivity contribution in [2.24, 2.45) is 0 Å². The third-order valence-electron chi connectivity index (χ3n) is 2.30. The van der Waals surface area contributed by atoms with Crippen molar-refractivity contribution in [2.75, 3.05) is 26.8 Å². The van der Waals surface area contributed by atoms with Crippen LogP contribution in [-0.2, 0) is 4.74 Å². The Morgan fingerprint density at radius 2 is 2.24 bits per heavy atom. The Morgan fingerprint density at radius 3 is 2.88 bits per heavy atom. The number of carbonyl (C=O) groups is 1. The molecule has 94 valence electrons. The summed E-state index contributed by atoms with van der Waals surface area (Å²) in [4.78, 5) is 13.5. The average Bonchev–Trinajstić information content (AvgIpc) is 2.32. The number of halogens is 2. The van der Waals surface area contributed by atoms with E-state index in [1.165, 1.54) is 17.0 Å². The molecule has 0 spiro atoms. The van der Waals surface area contributed by atoms with Gasteiger partial charge in [0.1, 0.15) is 5.82 Å². The highest BCUT2D eigenvalue weighted by Gasteiger charge is 2.16. The van der Waals surface area contributed by atoms with Crippen molar-refractivity contribution in [3.05, 3.63) is 34.1 Å². The lowest BCUT2D eigenvalue weighted by Gasteiger charge is -2.17. The van der Waals surface area contributed by atoms with Crippen LogP contribution in [-0.4, -0.2) is 37.6 Å². The molecule has 0 heterocycles. The Kier molecular flexibility index (Phi) is 5.58. The minimum absolute atomic E-state index is 0.202. The summed E-state index contributed by atoms with van der Waals surface area (Å²) >= 11 is 3.08. The average molecular weight is 304 g/mol. The molecule has 0 bridgehead atoms. The second-order valence-corrected chi connectivity index (χ2v) is 4.32. The Balaban J connectivity index is 2.71.